The minimum absolute atomic E-state index is 0.179. The molecule has 98 valence electrons. The molecule has 1 aromatic carbocycles. The first kappa shape index (κ1) is 12.9. The van der Waals surface area contributed by atoms with Gasteiger partial charge in [0.2, 0.25) is 5.91 Å². The number of phenolic OH excluding ortho intramolecular Hbond substituents is 1. The first-order valence-corrected chi connectivity index (χ1v) is 6.48. The van der Waals surface area contributed by atoms with Crippen molar-refractivity contribution in [3.8, 4) is 5.75 Å². The second-order valence-electron chi connectivity index (χ2n) is 4.68. The van der Waals surface area contributed by atoms with Crippen LogP contribution >= 0.6 is 0 Å². The summed E-state index contributed by atoms with van der Waals surface area (Å²) in [5, 5.41) is 12.3. The van der Waals surface area contributed by atoms with Crippen LogP contribution in [0.2, 0.25) is 0 Å². The van der Waals surface area contributed by atoms with E-state index >= 15 is 0 Å². The van der Waals surface area contributed by atoms with Crippen molar-refractivity contribution in [2.45, 2.75) is 32.4 Å². The summed E-state index contributed by atoms with van der Waals surface area (Å²) >= 11 is 0. The molecule has 0 bridgehead atoms. The van der Waals surface area contributed by atoms with Gasteiger partial charge in [-0.1, -0.05) is 12.1 Å². The van der Waals surface area contributed by atoms with Gasteiger partial charge >= 0.3 is 0 Å². The van der Waals surface area contributed by atoms with Gasteiger partial charge < -0.3 is 15.3 Å². The van der Waals surface area contributed by atoms with Crippen molar-refractivity contribution >= 4 is 5.91 Å². The van der Waals surface area contributed by atoms with Gasteiger partial charge in [0, 0.05) is 19.1 Å². The van der Waals surface area contributed by atoms with E-state index in [4.69, 9.17) is 5.11 Å². The maximum Gasteiger partial charge on any atom is 0.236 e. The molecule has 2 N–H and O–H groups in total. The molecule has 1 amide bonds. The molecule has 1 aliphatic rings. The molecule has 4 nitrogen and oxygen atoms in total. The highest BCUT2D eigenvalue weighted by Crippen LogP contribution is 2.26. The Kier molecular flexibility index (Phi) is 4.20. The molecule has 0 radical (unpaired) electrons. The summed E-state index contributed by atoms with van der Waals surface area (Å²) in [5.41, 5.74) is 1.06. The highest BCUT2D eigenvalue weighted by atomic mass is 16.3. The van der Waals surface area contributed by atoms with Crippen molar-refractivity contribution < 1.29 is 9.90 Å². The van der Waals surface area contributed by atoms with Crippen LogP contribution in [0, 0.1) is 0 Å². The average molecular weight is 248 g/mol. The third-order valence-corrected chi connectivity index (χ3v) is 3.19. The van der Waals surface area contributed by atoms with Crippen LogP contribution in [0.5, 0.6) is 5.75 Å². The highest BCUT2D eigenvalue weighted by Gasteiger charge is 2.30. The summed E-state index contributed by atoms with van der Waals surface area (Å²) in [5.74, 6) is 0.444. The second-order valence-corrected chi connectivity index (χ2v) is 4.68. The molecule has 0 aromatic heterocycles. The van der Waals surface area contributed by atoms with Crippen LogP contribution in [0.15, 0.2) is 24.3 Å². The lowest BCUT2D eigenvalue weighted by atomic mass is 10.2. The Morgan fingerprint density at radius 1 is 1.39 bits per heavy atom. The zero-order valence-electron chi connectivity index (χ0n) is 10.7. The van der Waals surface area contributed by atoms with Gasteiger partial charge in [-0.2, -0.15) is 0 Å². The monoisotopic (exact) mass is 248 g/mol. The SMILES string of the molecule is CCN(C(=O)CNCc1ccc(O)cc1)C1CC1. The van der Waals surface area contributed by atoms with Crippen molar-refractivity contribution in [1.29, 1.82) is 0 Å². The second kappa shape index (κ2) is 5.87. The number of benzene rings is 1. The van der Waals surface area contributed by atoms with E-state index in [2.05, 4.69) is 5.32 Å². The maximum absolute atomic E-state index is 11.9. The first-order valence-electron chi connectivity index (χ1n) is 6.48. The zero-order chi connectivity index (χ0) is 13.0. The molecule has 1 fully saturated rings. The molecule has 1 aromatic rings. The Labute approximate surface area is 108 Å². The summed E-state index contributed by atoms with van der Waals surface area (Å²) in [7, 11) is 0. The van der Waals surface area contributed by atoms with Gasteiger partial charge in [0.25, 0.3) is 0 Å². The van der Waals surface area contributed by atoms with Crippen molar-refractivity contribution in [3.05, 3.63) is 29.8 Å². The number of likely N-dealkylation sites (N-methyl/N-ethyl adjacent to an activating group) is 1. The van der Waals surface area contributed by atoms with E-state index in [0.717, 1.165) is 24.9 Å². The number of nitrogens with one attached hydrogen (secondary N) is 1. The molecule has 2 rings (SSSR count). The fourth-order valence-electron chi connectivity index (χ4n) is 2.05. The highest BCUT2D eigenvalue weighted by molar-refractivity contribution is 5.78. The molecule has 0 atom stereocenters. The molecule has 0 spiro atoms. The van der Waals surface area contributed by atoms with Crippen molar-refractivity contribution in [2.24, 2.45) is 0 Å². The normalized spacial score (nSPS) is 14.5. The van der Waals surface area contributed by atoms with Crippen molar-refractivity contribution in [1.82, 2.24) is 10.2 Å². The first-order chi connectivity index (χ1) is 8.70. The zero-order valence-corrected chi connectivity index (χ0v) is 10.7. The Hall–Kier alpha value is -1.55. The van der Waals surface area contributed by atoms with Gasteiger partial charge in [-0.25, -0.2) is 0 Å². The predicted octanol–water partition coefficient (Wildman–Crippen LogP) is 1.49. The van der Waals surface area contributed by atoms with E-state index in [1.807, 2.05) is 24.0 Å². The van der Waals surface area contributed by atoms with Gasteiger partial charge in [-0.05, 0) is 37.5 Å². The Bertz CT molecular complexity index is 399. The standard InChI is InChI=1S/C14H20N2O2/c1-2-16(12-5-6-12)14(18)10-15-9-11-3-7-13(17)8-4-11/h3-4,7-8,12,15,17H,2,5-6,9-10H2,1H3. The molecule has 1 aliphatic carbocycles. The molecule has 4 heteroatoms. The van der Waals surface area contributed by atoms with Crippen LogP contribution < -0.4 is 5.32 Å². The lowest BCUT2D eigenvalue weighted by Gasteiger charge is -2.20. The van der Waals surface area contributed by atoms with E-state index in [0.29, 0.717) is 19.1 Å². The maximum atomic E-state index is 11.9. The fraction of sp³-hybridized carbons (Fsp3) is 0.500. The number of carbonyl (C=O) groups excluding carboxylic acids is 1. The van der Waals surface area contributed by atoms with E-state index in [1.54, 1.807) is 12.1 Å². The molecule has 0 saturated heterocycles. The molecule has 1 saturated carbocycles. The van der Waals surface area contributed by atoms with Crippen molar-refractivity contribution in [2.75, 3.05) is 13.1 Å². The topological polar surface area (TPSA) is 52.6 Å². The van der Waals surface area contributed by atoms with Crippen LogP contribution in [0.25, 0.3) is 0 Å². The fourth-order valence-corrected chi connectivity index (χ4v) is 2.05. The van der Waals surface area contributed by atoms with E-state index in [-0.39, 0.29) is 11.7 Å². The molecule has 0 aliphatic heterocycles. The number of hydrogen-bond donors (Lipinski definition) is 2. The number of hydrogen-bond acceptors (Lipinski definition) is 3. The molecule has 18 heavy (non-hydrogen) atoms. The largest absolute Gasteiger partial charge is 0.508 e. The smallest absolute Gasteiger partial charge is 0.236 e. The van der Waals surface area contributed by atoms with Crippen LogP contribution in [0.3, 0.4) is 0 Å². The van der Waals surface area contributed by atoms with Crippen LogP contribution in [0.1, 0.15) is 25.3 Å². The number of nitrogens with zero attached hydrogens (tertiary/aromatic N) is 1. The summed E-state index contributed by atoms with van der Waals surface area (Å²) in [6, 6.07) is 7.50. The van der Waals surface area contributed by atoms with E-state index < -0.39 is 0 Å². The van der Waals surface area contributed by atoms with Crippen LogP contribution in [-0.4, -0.2) is 35.0 Å². The number of phenols is 1. The Morgan fingerprint density at radius 3 is 2.61 bits per heavy atom. The summed E-state index contributed by atoms with van der Waals surface area (Å²) in [6.07, 6.45) is 2.30. The molecule has 0 heterocycles. The van der Waals surface area contributed by atoms with Crippen molar-refractivity contribution in [3.63, 3.8) is 0 Å². The summed E-state index contributed by atoms with van der Waals surface area (Å²) < 4.78 is 0. The quantitative estimate of drug-likeness (QED) is 0.802. The average Bonchev–Trinajstić information content (AvgIpc) is 3.17. The Balaban J connectivity index is 1.74. The van der Waals surface area contributed by atoms with Gasteiger partial charge in [0.05, 0.1) is 6.54 Å². The number of amides is 1. The minimum atomic E-state index is 0.179. The predicted molar refractivity (Wildman–Crippen MR) is 70.2 cm³/mol. The lowest BCUT2D eigenvalue weighted by Crippen LogP contribution is -2.39. The van der Waals surface area contributed by atoms with Gasteiger partial charge in [-0.3, -0.25) is 4.79 Å². The summed E-state index contributed by atoms with van der Waals surface area (Å²) in [6.45, 7) is 3.85. The minimum Gasteiger partial charge on any atom is -0.508 e. The number of aromatic hydroxyl groups is 1. The molecule has 0 unspecified atom stereocenters. The van der Waals surface area contributed by atoms with Crippen LogP contribution in [-0.2, 0) is 11.3 Å². The Morgan fingerprint density at radius 2 is 2.06 bits per heavy atom. The van der Waals surface area contributed by atoms with Gasteiger partial charge in [-0.15, -0.1) is 0 Å². The third-order valence-electron chi connectivity index (χ3n) is 3.19. The number of rotatable bonds is 6. The van der Waals surface area contributed by atoms with E-state index in [9.17, 15) is 4.79 Å². The third kappa shape index (κ3) is 3.47. The summed E-state index contributed by atoms with van der Waals surface area (Å²) in [4.78, 5) is 13.9. The van der Waals surface area contributed by atoms with E-state index in [1.165, 1.54) is 0 Å². The van der Waals surface area contributed by atoms with Gasteiger partial charge in [0.1, 0.15) is 5.75 Å². The number of carbonyl (C=O) groups is 1. The lowest BCUT2D eigenvalue weighted by molar-refractivity contribution is -0.130. The van der Waals surface area contributed by atoms with Gasteiger partial charge in [0.15, 0.2) is 0 Å². The molecular formula is C14H20N2O2. The van der Waals surface area contributed by atoms with Crippen LogP contribution in [0.4, 0.5) is 0 Å². The molecular weight excluding hydrogens is 228 g/mol.